The lowest BCUT2D eigenvalue weighted by Crippen LogP contribution is -2.40. The Hall–Kier alpha value is -0.820. The Bertz CT molecular complexity index is 265. The summed E-state index contributed by atoms with van der Waals surface area (Å²) < 4.78 is 40.1. The maximum Gasteiger partial charge on any atom is 0.411 e. The van der Waals surface area contributed by atoms with Crippen molar-refractivity contribution in [2.24, 2.45) is 0 Å². The normalized spacial score (nSPS) is 17.6. The number of halogens is 3. The van der Waals surface area contributed by atoms with Crippen molar-refractivity contribution in [1.29, 1.82) is 0 Å². The van der Waals surface area contributed by atoms with E-state index in [1.807, 2.05) is 0 Å². The quantitative estimate of drug-likeness (QED) is 0.717. The molecular formula is C11H18F3NO3. The number of nitrogens with zero attached hydrogens (tertiary/aromatic N) is 1. The van der Waals surface area contributed by atoms with E-state index in [4.69, 9.17) is 5.11 Å². The first-order valence-corrected chi connectivity index (χ1v) is 5.99. The Morgan fingerprint density at radius 3 is 2.44 bits per heavy atom. The summed E-state index contributed by atoms with van der Waals surface area (Å²) in [6.45, 7) is -1.28. The van der Waals surface area contributed by atoms with Crippen molar-refractivity contribution in [1.82, 2.24) is 4.90 Å². The van der Waals surface area contributed by atoms with Crippen LogP contribution in [0.5, 0.6) is 0 Å². The largest absolute Gasteiger partial charge is 0.480 e. The molecule has 4 nitrogen and oxygen atoms in total. The van der Waals surface area contributed by atoms with Gasteiger partial charge in [-0.25, -0.2) is 0 Å². The number of hydrogen-bond acceptors (Lipinski definition) is 3. The van der Waals surface area contributed by atoms with Gasteiger partial charge in [-0.2, -0.15) is 13.2 Å². The van der Waals surface area contributed by atoms with Gasteiger partial charge in [-0.15, -0.1) is 0 Å². The highest BCUT2D eigenvalue weighted by atomic mass is 19.4. The Kier molecular flexibility index (Phi) is 5.87. The molecule has 0 radical (unpaired) electrons. The van der Waals surface area contributed by atoms with E-state index in [0.717, 1.165) is 25.7 Å². The first-order chi connectivity index (χ1) is 8.38. The van der Waals surface area contributed by atoms with Gasteiger partial charge in [-0.3, -0.25) is 9.69 Å². The topological polar surface area (TPSA) is 49.8 Å². The smallest absolute Gasteiger partial charge is 0.411 e. The van der Waals surface area contributed by atoms with Crippen molar-refractivity contribution < 1.29 is 27.8 Å². The Morgan fingerprint density at radius 2 is 1.94 bits per heavy atom. The van der Waals surface area contributed by atoms with Crippen molar-refractivity contribution in [2.75, 3.05) is 26.3 Å². The highest BCUT2D eigenvalue weighted by Crippen LogP contribution is 2.23. The monoisotopic (exact) mass is 269 g/mol. The second-order valence-corrected chi connectivity index (χ2v) is 4.47. The zero-order chi connectivity index (χ0) is 13.6. The van der Waals surface area contributed by atoms with Crippen molar-refractivity contribution in [2.45, 2.75) is 37.9 Å². The van der Waals surface area contributed by atoms with Crippen molar-refractivity contribution in [3.63, 3.8) is 0 Å². The predicted molar refractivity (Wildman–Crippen MR) is 58.3 cm³/mol. The molecule has 18 heavy (non-hydrogen) atoms. The third-order valence-electron chi connectivity index (χ3n) is 2.97. The lowest BCUT2D eigenvalue weighted by Gasteiger charge is -2.26. The molecule has 0 unspecified atom stereocenters. The van der Waals surface area contributed by atoms with Gasteiger partial charge >= 0.3 is 12.1 Å². The molecule has 0 amide bonds. The summed E-state index contributed by atoms with van der Waals surface area (Å²) in [5.41, 5.74) is 0. The van der Waals surface area contributed by atoms with E-state index in [9.17, 15) is 18.0 Å². The first kappa shape index (κ1) is 15.2. The minimum absolute atomic E-state index is 0.0940. The molecule has 7 heteroatoms. The Labute approximate surface area is 104 Å². The average Bonchev–Trinajstić information content (AvgIpc) is 2.73. The molecule has 0 aromatic heterocycles. The minimum Gasteiger partial charge on any atom is -0.480 e. The number of hydrogen-bond donors (Lipinski definition) is 1. The molecule has 1 N–H and O–H groups in total. The van der Waals surface area contributed by atoms with Crippen molar-refractivity contribution in [3.8, 4) is 0 Å². The molecule has 0 aromatic rings. The van der Waals surface area contributed by atoms with Crippen LogP contribution in [0, 0.1) is 0 Å². The molecule has 0 spiro atoms. The third-order valence-corrected chi connectivity index (χ3v) is 2.97. The lowest BCUT2D eigenvalue weighted by atomic mass is 10.2. The molecule has 0 bridgehead atoms. The zero-order valence-electron chi connectivity index (χ0n) is 10.1. The number of aliphatic carboxylic acids is 1. The molecule has 0 heterocycles. The highest BCUT2D eigenvalue weighted by Gasteiger charge is 2.28. The van der Waals surface area contributed by atoms with Crippen molar-refractivity contribution >= 4 is 5.97 Å². The Morgan fingerprint density at radius 1 is 1.33 bits per heavy atom. The summed E-state index contributed by atoms with van der Waals surface area (Å²) in [7, 11) is 0. The molecule has 0 atom stereocenters. The second kappa shape index (κ2) is 6.94. The van der Waals surface area contributed by atoms with Crippen LogP contribution < -0.4 is 0 Å². The van der Waals surface area contributed by atoms with E-state index in [1.54, 1.807) is 4.90 Å². The summed E-state index contributed by atoms with van der Waals surface area (Å²) >= 11 is 0. The molecular weight excluding hydrogens is 251 g/mol. The fourth-order valence-electron chi connectivity index (χ4n) is 2.20. The number of carboxylic acid groups (broad SMARTS) is 1. The van der Waals surface area contributed by atoms with E-state index < -0.39 is 18.8 Å². The van der Waals surface area contributed by atoms with Crippen LogP contribution >= 0.6 is 0 Å². The van der Waals surface area contributed by atoms with E-state index >= 15 is 0 Å². The maximum absolute atomic E-state index is 11.9. The summed E-state index contributed by atoms with van der Waals surface area (Å²) in [6.07, 6.45) is -0.418. The molecule has 0 saturated heterocycles. The van der Waals surface area contributed by atoms with Crippen LogP contribution in [0.3, 0.4) is 0 Å². The van der Waals surface area contributed by atoms with Crippen LogP contribution in [0.15, 0.2) is 0 Å². The fourth-order valence-corrected chi connectivity index (χ4v) is 2.20. The van der Waals surface area contributed by atoms with E-state index in [2.05, 4.69) is 4.74 Å². The SMILES string of the molecule is O=C(O)CN(CCOCC(F)(F)F)C1CCCC1. The number of alkyl halides is 3. The van der Waals surface area contributed by atoms with Crippen LogP contribution in [-0.4, -0.2) is 54.5 Å². The van der Waals surface area contributed by atoms with E-state index in [0.29, 0.717) is 0 Å². The van der Waals surface area contributed by atoms with Gasteiger partial charge in [0.05, 0.1) is 13.2 Å². The first-order valence-electron chi connectivity index (χ1n) is 5.99. The number of rotatable bonds is 7. The van der Waals surface area contributed by atoms with Gasteiger partial charge in [0, 0.05) is 12.6 Å². The molecule has 1 rings (SSSR count). The van der Waals surface area contributed by atoms with Gasteiger partial charge in [0.2, 0.25) is 0 Å². The van der Waals surface area contributed by atoms with Gasteiger partial charge in [0.15, 0.2) is 0 Å². The zero-order valence-corrected chi connectivity index (χ0v) is 10.1. The molecule has 0 aliphatic heterocycles. The minimum atomic E-state index is -4.33. The highest BCUT2D eigenvalue weighted by molar-refractivity contribution is 5.69. The summed E-state index contributed by atoms with van der Waals surface area (Å²) in [4.78, 5) is 12.4. The average molecular weight is 269 g/mol. The predicted octanol–water partition coefficient (Wildman–Crippen LogP) is 1.89. The van der Waals surface area contributed by atoms with Crippen molar-refractivity contribution in [3.05, 3.63) is 0 Å². The van der Waals surface area contributed by atoms with Gasteiger partial charge in [-0.1, -0.05) is 12.8 Å². The molecule has 106 valence electrons. The summed E-state index contributed by atoms with van der Waals surface area (Å²) in [5.74, 6) is -0.960. The van der Waals surface area contributed by atoms with Crippen LogP contribution in [-0.2, 0) is 9.53 Å². The standard InChI is InChI=1S/C11H18F3NO3/c12-11(13,14)8-18-6-5-15(7-10(16)17)9-3-1-2-4-9/h9H,1-8H2,(H,16,17). The Balaban J connectivity index is 2.29. The van der Waals surface area contributed by atoms with Gasteiger partial charge < -0.3 is 9.84 Å². The number of ether oxygens (including phenoxy) is 1. The van der Waals surface area contributed by atoms with Crippen LogP contribution in [0.4, 0.5) is 13.2 Å². The molecule has 1 aliphatic carbocycles. The van der Waals surface area contributed by atoms with Crippen LogP contribution in [0.1, 0.15) is 25.7 Å². The van der Waals surface area contributed by atoms with Gasteiger partial charge in [0.25, 0.3) is 0 Å². The van der Waals surface area contributed by atoms with Gasteiger partial charge in [0.1, 0.15) is 6.61 Å². The summed E-state index contributed by atoms with van der Waals surface area (Å²) in [6, 6.07) is 0.163. The summed E-state index contributed by atoms with van der Waals surface area (Å²) in [5, 5.41) is 8.77. The van der Waals surface area contributed by atoms with Gasteiger partial charge in [-0.05, 0) is 12.8 Å². The van der Waals surface area contributed by atoms with Crippen LogP contribution in [0.25, 0.3) is 0 Å². The van der Waals surface area contributed by atoms with Crippen LogP contribution in [0.2, 0.25) is 0 Å². The molecule has 0 aromatic carbocycles. The van der Waals surface area contributed by atoms with E-state index in [-0.39, 0.29) is 25.7 Å². The number of carbonyl (C=O) groups is 1. The lowest BCUT2D eigenvalue weighted by molar-refractivity contribution is -0.175. The molecule has 1 aliphatic rings. The number of carboxylic acids is 1. The third kappa shape index (κ3) is 6.20. The second-order valence-electron chi connectivity index (χ2n) is 4.47. The fraction of sp³-hybridized carbons (Fsp3) is 0.909. The van der Waals surface area contributed by atoms with E-state index in [1.165, 1.54) is 0 Å². The molecule has 1 fully saturated rings. The molecule has 1 saturated carbocycles. The maximum atomic E-state index is 11.9.